The minimum Gasteiger partial charge on any atom is -0.328 e. The fourth-order valence-electron chi connectivity index (χ4n) is 1.81. The van der Waals surface area contributed by atoms with E-state index < -0.39 is 0 Å². The van der Waals surface area contributed by atoms with Crippen LogP contribution in [0.5, 0.6) is 0 Å². The molecule has 0 bridgehead atoms. The summed E-state index contributed by atoms with van der Waals surface area (Å²) in [6, 6.07) is 5.06. The predicted molar refractivity (Wildman–Crippen MR) is 71.2 cm³/mol. The van der Waals surface area contributed by atoms with Crippen molar-refractivity contribution in [1.82, 2.24) is 9.55 Å². The molecule has 0 spiro atoms. The first kappa shape index (κ1) is 12.3. The zero-order valence-corrected chi connectivity index (χ0v) is 11.2. The summed E-state index contributed by atoms with van der Waals surface area (Å²) in [5.41, 5.74) is 1.59. The van der Waals surface area contributed by atoms with Crippen molar-refractivity contribution in [2.24, 2.45) is 5.41 Å². The zero-order chi connectivity index (χ0) is 12.6. The van der Waals surface area contributed by atoms with Gasteiger partial charge in [-0.05, 0) is 36.2 Å². The van der Waals surface area contributed by atoms with Gasteiger partial charge in [-0.15, -0.1) is 0 Å². The second-order valence-electron chi connectivity index (χ2n) is 5.53. The van der Waals surface area contributed by atoms with E-state index in [0.717, 1.165) is 18.5 Å². The van der Waals surface area contributed by atoms with E-state index in [1.54, 1.807) is 6.07 Å². The molecule has 0 aliphatic carbocycles. The summed E-state index contributed by atoms with van der Waals surface area (Å²) in [7, 11) is 0. The van der Waals surface area contributed by atoms with Crippen LogP contribution in [0, 0.1) is 16.0 Å². The van der Waals surface area contributed by atoms with Gasteiger partial charge < -0.3 is 9.55 Å². The number of benzene rings is 1. The first-order chi connectivity index (χ1) is 7.88. The van der Waals surface area contributed by atoms with Crippen LogP contribution in [0.3, 0.4) is 0 Å². The summed E-state index contributed by atoms with van der Waals surface area (Å²) in [4.78, 5) is 2.93. The van der Waals surface area contributed by atoms with Gasteiger partial charge in [-0.1, -0.05) is 26.8 Å². The molecule has 0 fully saturated rings. The lowest BCUT2D eigenvalue weighted by molar-refractivity contribution is 0.352. The number of nitrogens with zero attached hydrogens (tertiary/aromatic N) is 1. The molecule has 1 aromatic heterocycles. The van der Waals surface area contributed by atoms with Crippen molar-refractivity contribution in [3.05, 3.63) is 28.8 Å². The van der Waals surface area contributed by atoms with E-state index in [4.69, 9.17) is 12.2 Å². The lowest BCUT2D eigenvalue weighted by atomic mass is 9.92. The molecule has 0 saturated carbocycles. The molecule has 1 aromatic carbocycles. The molecule has 92 valence electrons. The highest BCUT2D eigenvalue weighted by molar-refractivity contribution is 7.71. The number of rotatable bonds is 2. The van der Waals surface area contributed by atoms with Gasteiger partial charge in [0.1, 0.15) is 11.3 Å². The molecular weight excluding hydrogens is 235 g/mol. The fourth-order valence-corrected chi connectivity index (χ4v) is 2.11. The Hall–Kier alpha value is -1.16. The highest BCUT2D eigenvalue weighted by atomic mass is 32.1. The van der Waals surface area contributed by atoms with Gasteiger partial charge in [0.25, 0.3) is 0 Å². The van der Waals surface area contributed by atoms with E-state index in [0.29, 0.717) is 10.3 Å². The van der Waals surface area contributed by atoms with Crippen molar-refractivity contribution in [2.45, 2.75) is 33.7 Å². The van der Waals surface area contributed by atoms with Gasteiger partial charge in [0.15, 0.2) is 4.77 Å². The van der Waals surface area contributed by atoms with Crippen LogP contribution in [0.2, 0.25) is 0 Å². The Morgan fingerprint density at radius 3 is 2.71 bits per heavy atom. The van der Waals surface area contributed by atoms with Crippen molar-refractivity contribution < 1.29 is 4.39 Å². The van der Waals surface area contributed by atoms with E-state index >= 15 is 0 Å². The van der Waals surface area contributed by atoms with Crippen LogP contribution >= 0.6 is 12.2 Å². The monoisotopic (exact) mass is 252 g/mol. The first-order valence-corrected chi connectivity index (χ1v) is 6.16. The van der Waals surface area contributed by atoms with Gasteiger partial charge >= 0.3 is 0 Å². The van der Waals surface area contributed by atoms with E-state index in [9.17, 15) is 4.39 Å². The molecule has 17 heavy (non-hydrogen) atoms. The van der Waals surface area contributed by atoms with Gasteiger partial charge in [-0.3, -0.25) is 0 Å². The molecule has 2 aromatic rings. The molecule has 0 unspecified atom stereocenters. The lowest BCUT2D eigenvalue weighted by Gasteiger charge is -2.18. The fraction of sp³-hybridized carbons (Fsp3) is 0.462. The minimum atomic E-state index is -0.247. The number of aromatic nitrogens is 2. The van der Waals surface area contributed by atoms with E-state index in [2.05, 4.69) is 25.8 Å². The van der Waals surface area contributed by atoms with Crippen LogP contribution in [0.25, 0.3) is 11.0 Å². The predicted octanol–water partition coefficient (Wildman–Crippen LogP) is 4.27. The molecular formula is C13H17FN2S. The maximum atomic E-state index is 13.6. The highest BCUT2D eigenvalue weighted by Gasteiger charge is 2.13. The zero-order valence-electron chi connectivity index (χ0n) is 10.4. The molecule has 0 aliphatic rings. The van der Waals surface area contributed by atoms with Crippen LogP contribution in [0.4, 0.5) is 4.39 Å². The summed E-state index contributed by atoms with van der Waals surface area (Å²) in [6.45, 7) is 7.37. The third-order valence-corrected chi connectivity index (χ3v) is 3.17. The first-order valence-electron chi connectivity index (χ1n) is 5.75. The van der Waals surface area contributed by atoms with E-state index in [1.807, 2.05) is 10.6 Å². The molecule has 0 aliphatic heterocycles. The quantitative estimate of drug-likeness (QED) is 0.791. The van der Waals surface area contributed by atoms with Gasteiger partial charge in [0.2, 0.25) is 0 Å². The number of fused-ring (bicyclic) bond motifs is 1. The van der Waals surface area contributed by atoms with Gasteiger partial charge in [0.05, 0.1) is 5.52 Å². The Bertz CT molecular complexity index is 589. The summed E-state index contributed by atoms with van der Waals surface area (Å²) in [5, 5.41) is 0. The molecule has 1 heterocycles. The molecule has 4 heteroatoms. The number of halogens is 1. The van der Waals surface area contributed by atoms with Crippen molar-refractivity contribution in [3.63, 3.8) is 0 Å². The third kappa shape index (κ3) is 2.57. The van der Waals surface area contributed by atoms with Crippen molar-refractivity contribution in [1.29, 1.82) is 0 Å². The third-order valence-electron chi connectivity index (χ3n) is 2.84. The Labute approximate surface area is 105 Å². The molecule has 0 atom stereocenters. The molecule has 0 saturated heterocycles. The van der Waals surface area contributed by atoms with E-state index in [1.165, 1.54) is 6.07 Å². The highest BCUT2D eigenvalue weighted by Crippen LogP contribution is 2.23. The maximum absolute atomic E-state index is 13.6. The number of H-pyrrole nitrogens is 1. The average molecular weight is 252 g/mol. The second-order valence-corrected chi connectivity index (χ2v) is 5.91. The molecule has 0 amide bonds. The van der Waals surface area contributed by atoms with E-state index in [-0.39, 0.29) is 11.2 Å². The number of hydrogen-bond donors (Lipinski definition) is 1. The van der Waals surface area contributed by atoms with Crippen LogP contribution < -0.4 is 0 Å². The SMILES string of the molecule is CC(C)(C)CCn1c(=S)[nH]c2c(F)cccc21. The van der Waals surface area contributed by atoms with Crippen LogP contribution in [0.15, 0.2) is 18.2 Å². The number of hydrogen-bond acceptors (Lipinski definition) is 1. The van der Waals surface area contributed by atoms with Crippen LogP contribution in [-0.4, -0.2) is 9.55 Å². The Kier molecular flexibility index (Phi) is 3.08. The summed E-state index contributed by atoms with van der Waals surface area (Å²) < 4.78 is 16.1. The number of aryl methyl sites for hydroxylation is 1. The second kappa shape index (κ2) is 4.26. The normalized spacial score (nSPS) is 12.2. The molecule has 2 nitrogen and oxygen atoms in total. The number of para-hydroxylation sites is 1. The van der Waals surface area contributed by atoms with Crippen molar-refractivity contribution in [2.75, 3.05) is 0 Å². The Balaban J connectivity index is 2.44. The summed E-state index contributed by atoms with van der Waals surface area (Å²) >= 11 is 5.24. The largest absolute Gasteiger partial charge is 0.328 e. The number of imidazole rings is 1. The summed E-state index contributed by atoms with van der Waals surface area (Å²) in [6.07, 6.45) is 1.00. The van der Waals surface area contributed by atoms with Gasteiger partial charge in [-0.25, -0.2) is 4.39 Å². The number of aromatic amines is 1. The van der Waals surface area contributed by atoms with Crippen LogP contribution in [0.1, 0.15) is 27.2 Å². The van der Waals surface area contributed by atoms with Gasteiger partial charge in [0, 0.05) is 6.54 Å². The van der Waals surface area contributed by atoms with Gasteiger partial charge in [-0.2, -0.15) is 0 Å². The molecule has 0 radical (unpaired) electrons. The minimum absolute atomic E-state index is 0.242. The standard InChI is InChI=1S/C13H17FN2S/c1-13(2,3)7-8-16-10-6-4-5-9(14)11(10)15-12(16)17/h4-6H,7-8H2,1-3H3,(H,15,17). The number of nitrogens with one attached hydrogen (secondary N) is 1. The van der Waals surface area contributed by atoms with Crippen molar-refractivity contribution >= 4 is 23.3 Å². The topological polar surface area (TPSA) is 20.7 Å². The van der Waals surface area contributed by atoms with Crippen LogP contribution in [-0.2, 0) is 6.54 Å². The Morgan fingerprint density at radius 2 is 2.06 bits per heavy atom. The Morgan fingerprint density at radius 1 is 1.35 bits per heavy atom. The molecule has 1 N–H and O–H groups in total. The smallest absolute Gasteiger partial charge is 0.178 e. The lowest BCUT2D eigenvalue weighted by Crippen LogP contribution is -2.10. The maximum Gasteiger partial charge on any atom is 0.178 e. The van der Waals surface area contributed by atoms with Crippen molar-refractivity contribution in [3.8, 4) is 0 Å². The average Bonchev–Trinajstić information content (AvgIpc) is 2.52. The molecule has 2 rings (SSSR count). The summed E-state index contributed by atoms with van der Waals surface area (Å²) in [5.74, 6) is -0.247.